The van der Waals surface area contributed by atoms with Crippen LogP contribution in [0.25, 0.3) is 43.4 Å². The Balaban J connectivity index is 1.05. The molecule has 1 aromatic carbocycles. The van der Waals surface area contributed by atoms with Crippen LogP contribution in [0.3, 0.4) is 0 Å². The van der Waals surface area contributed by atoms with Crippen molar-refractivity contribution in [1.29, 1.82) is 0 Å². The second kappa shape index (κ2) is 27.0. The molecule has 6 atom stereocenters. The lowest BCUT2D eigenvalue weighted by Crippen LogP contribution is -2.40. The van der Waals surface area contributed by atoms with Gasteiger partial charge in [0.05, 0.1) is 47.1 Å². The maximum atomic E-state index is 14.4. The number of amides is 5. The van der Waals surface area contributed by atoms with E-state index in [1.165, 1.54) is 42.2 Å². The number of aliphatic hydroxyl groups excluding tert-OH is 1. The van der Waals surface area contributed by atoms with Gasteiger partial charge in [0.2, 0.25) is 17.7 Å². The molecule has 7 aromatic heterocycles. The number of hydrogen-bond donors (Lipinski definition) is 7. The Labute approximate surface area is 520 Å². The monoisotopic (exact) mass is 1290 g/mol. The number of ether oxygens (including phenoxy) is 1. The summed E-state index contributed by atoms with van der Waals surface area (Å²) in [5.41, 5.74) is 2.36. The van der Waals surface area contributed by atoms with E-state index in [2.05, 4.69) is 26.3 Å². The second-order valence-corrected chi connectivity index (χ2v) is 26.6. The van der Waals surface area contributed by atoms with Crippen molar-refractivity contribution in [2.75, 3.05) is 32.1 Å². The zero-order valence-corrected chi connectivity index (χ0v) is 52.0. The van der Waals surface area contributed by atoms with Gasteiger partial charge in [0.15, 0.2) is 5.78 Å². The number of pyridine rings is 1. The van der Waals surface area contributed by atoms with Crippen LogP contribution in [0.1, 0.15) is 132 Å². The smallest absolute Gasteiger partial charge is 0.323 e. The molecule has 30 heteroatoms. The Morgan fingerprint density at radius 1 is 0.736 bits per heavy atom. The summed E-state index contributed by atoms with van der Waals surface area (Å²) in [6.07, 6.45) is -0.976. The van der Waals surface area contributed by atoms with Crippen molar-refractivity contribution in [1.82, 2.24) is 56.2 Å². The number of fused-ring (bicyclic) bond motifs is 14. The van der Waals surface area contributed by atoms with Crippen LogP contribution in [0.5, 0.6) is 0 Å². The van der Waals surface area contributed by atoms with Crippen molar-refractivity contribution in [3.63, 3.8) is 0 Å². The summed E-state index contributed by atoms with van der Waals surface area (Å²) in [5.74, 6) is -7.63. The van der Waals surface area contributed by atoms with E-state index in [9.17, 15) is 53.7 Å². The number of aliphatic hydroxyl groups is 1. The number of rotatable bonds is 13. The molecule has 1 unspecified atom stereocenters. The number of carbonyl (C=O) groups is 8. The fraction of sp³-hybridized carbons (Fsp3) is 0.351. The normalized spacial score (nSPS) is 18.8. The number of benzene rings is 1. The number of anilines is 1. The standard InChI is InChI=1S/C57H56N12O12S6/c1-25(2)31-16-37(70)43-26(3)86-54(67-43)33(17-40(71)58-4)61-48(76)35-22-82-50(63-35)30-13-14-32(52-65-39(24-85-52)69(19-42(73)74)56(78)28-11-12-29(15-28)57(79)80)60-44(30)34-21-83-53(62-34)36-23-84-55(64-36)46(47(75)27-9-7-6-8-10-27)66-41(72)18-59-49(77)45-38(20-81-5)87-51(31)68-45/h6-10,13-14,21-25,28-29,31,33,46-47,75H,11-12,15-20H2,1-5H3,(H,58,71)(H,59,77)(H,61,76)(H,66,72)(H,73,74)(H,79,80)/t28-,29-,31?,33+,46+,47+/m1/s1. The molecule has 8 aromatic rings. The quantitative estimate of drug-likeness (QED) is 0.0573. The molecule has 1 fully saturated rings. The Bertz CT molecular complexity index is 3930. The summed E-state index contributed by atoms with van der Waals surface area (Å²) in [4.78, 5) is 144. The molecule has 5 amide bonds. The second-order valence-electron chi connectivity index (χ2n) is 20.8. The third-order valence-electron chi connectivity index (χ3n) is 14.6. The molecule has 87 heavy (non-hydrogen) atoms. The molecule has 1 saturated carbocycles. The van der Waals surface area contributed by atoms with Crippen LogP contribution in [0, 0.1) is 24.7 Å². The maximum Gasteiger partial charge on any atom is 0.323 e. The first kappa shape index (κ1) is 62.1. The predicted octanol–water partition coefficient (Wildman–Crippen LogP) is 8.12. The molecule has 1 aliphatic carbocycles. The molecule has 0 radical (unpaired) electrons. The number of carboxylic acid groups (broad SMARTS) is 2. The molecule has 10 rings (SSSR count). The number of carboxylic acids is 2. The van der Waals surface area contributed by atoms with Gasteiger partial charge in [-0.2, -0.15) is 0 Å². The molecule has 452 valence electrons. The van der Waals surface area contributed by atoms with Crippen molar-refractivity contribution >= 4 is 121 Å². The number of ketones is 1. The summed E-state index contributed by atoms with van der Waals surface area (Å²) >= 11 is 6.98. The van der Waals surface area contributed by atoms with E-state index < -0.39 is 90.5 Å². The highest BCUT2D eigenvalue weighted by Gasteiger charge is 2.38. The summed E-state index contributed by atoms with van der Waals surface area (Å²) in [5, 5.41) is 51.2. The fourth-order valence-corrected chi connectivity index (χ4v) is 15.6. The van der Waals surface area contributed by atoms with Gasteiger partial charge in [-0.3, -0.25) is 43.3 Å². The summed E-state index contributed by atoms with van der Waals surface area (Å²) < 4.78 is 5.46. The molecule has 0 saturated heterocycles. The Morgan fingerprint density at radius 3 is 2.16 bits per heavy atom. The summed E-state index contributed by atoms with van der Waals surface area (Å²) in [7, 11) is 2.93. The number of aliphatic carboxylic acids is 2. The molecule has 0 spiro atoms. The molecule has 7 N–H and O–H groups in total. The molecular weight excluding hydrogens is 1240 g/mol. The minimum atomic E-state index is -1.31. The van der Waals surface area contributed by atoms with E-state index in [0.29, 0.717) is 68.0 Å². The molecular formula is C57H56N12O12S6. The SMILES string of the molecule is CNC(=O)C[C@@H]1NC(=O)c2csc(n2)-c2ccc(-c3nc(N(CC(=O)O)C(=O)[C@@H]4CC[C@@H](C(=O)O)C4)cs3)nc2-c2csc(n2)-c2csc(n2)[C@H]([C@@H](O)c2ccccc2)NC(=O)CNC(=O)c2nc(sc2COC)C(C(C)C)CC(=O)c2nc1sc2C. The average molecular weight is 1290 g/mol. The highest BCUT2D eigenvalue weighted by Crippen LogP contribution is 2.42. The minimum absolute atomic E-state index is 0.0115. The molecule has 24 nitrogen and oxygen atoms in total. The van der Waals surface area contributed by atoms with Crippen molar-refractivity contribution in [3.05, 3.63) is 111 Å². The molecule has 8 heterocycles. The van der Waals surface area contributed by atoms with E-state index >= 15 is 0 Å². The van der Waals surface area contributed by atoms with Crippen molar-refractivity contribution < 1.29 is 58.4 Å². The van der Waals surface area contributed by atoms with Crippen LogP contribution in [-0.2, 0) is 35.3 Å². The maximum absolute atomic E-state index is 14.4. The van der Waals surface area contributed by atoms with Crippen LogP contribution in [0.4, 0.5) is 5.82 Å². The Kier molecular flexibility index (Phi) is 19.2. The number of aryl methyl sites for hydroxylation is 1. The van der Waals surface area contributed by atoms with E-state index in [1.54, 1.807) is 65.5 Å². The van der Waals surface area contributed by atoms with Crippen LogP contribution in [0.2, 0.25) is 0 Å². The third-order valence-corrected chi connectivity index (χ3v) is 20.3. The number of methoxy groups -OCH3 is 1. The molecule has 2 aliphatic rings. The summed E-state index contributed by atoms with van der Waals surface area (Å²) in [6, 6.07) is 9.95. The first-order valence-electron chi connectivity index (χ1n) is 27.2. The van der Waals surface area contributed by atoms with Gasteiger partial charge in [0.1, 0.15) is 83.7 Å². The van der Waals surface area contributed by atoms with E-state index in [4.69, 9.17) is 34.6 Å². The largest absolute Gasteiger partial charge is 0.481 e. The lowest BCUT2D eigenvalue weighted by molar-refractivity contribution is -0.142. The first-order valence-corrected chi connectivity index (χ1v) is 32.3. The zero-order chi connectivity index (χ0) is 61.8. The first-order chi connectivity index (χ1) is 41.8. The van der Waals surface area contributed by atoms with Gasteiger partial charge in [0, 0.05) is 64.4 Å². The van der Waals surface area contributed by atoms with Crippen molar-refractivity contribution in [2.24, 2.45) is 17.8 Å². The predicted molar refractivity (Wildman–Crippen MR) is 327 cm³/mol. The van der Waals surface area contributed by atoms with E-state index in [0.717, 1.165) is 50.2 Å². The highest BCUT2D eigenvalue weighted by molar-refractivity contribution is 7.15. The highest BCUT2D eigenvalue weighted by atomic mass is 32.1. The van der Waals surface area contributed by atoms with Gasteiger partial charge in [-0.25, -0.2) is 34.9 Å². The van der Waals surface area contributed by atoms with Crippen LogP contribution in [-0.4, -0.2) is 125 Å². The van der Waals surface area contributed by atoms with Crippen LogP contribution < -0.4 is 26.2 Å². The van der Waals surface area contributed by atoms with Gasteiger partial charge in [-0.05, 0) is 49.8 Å². The van der Waals surface area contributed by atoms with Crippen LogP contribution in [0.15, 0.2) is 64.0 Å². The zero-order valence-electron chi connectivity index (χ0n) is 47.1. The lowest BCUT2D eigenvalue weighted by Gasteiger charge is -2.23. The number of nitrogens with one attached hydrogen (secondary N) is 4. The van der Waals surface area contributed by atoms with Gasteiger partial charge < -0.3 is 41.3 Å². The lowest BCUT2D eigenvalue weighted by atomic mass is 9.90. The van der Waals surface area contributed by atoms with Gasteiger partial charge in [0.25, 0.3) is 11.8 Å². The number of Topliss-reactive ketones (excluding diaryl/α,β-unsaturated/α-hetero) is 1. The Hall–Kier alpha value is -7.97. The molecule has 1 aliphatic heterocycles. The summed E-state index contributed by atoms with van der Waals surface area (Å²) in [6.45, 7) is 4.36. The number of carbonyl (C=O) groups excluding carboxylic acids is 6. The fourth-order valence-electron chi connectivity index (χ4n) is 10.0. The number of aromatic nitrogens is 7. The van der Waals surface area contributed by atoms with Crippen LogP contribution >= 0.6 is 68.0 Å². The minimum Gasteiger partial charge on any atom is -0.481 e. The average Bonchev–Trinajstić information content (AvgIpc) is 4.47. The number of nitrogens with zero attached hydrogens (tertiary/aromatic N) is 8. The topological polar surface area (TPSA) is 348 Å². The van der Waals surface area contributed by atoms with E-state index in [-0.39, 0.29) is 79.0 Å². The van der Waals surface area contributed by atoms with Crippen molar-refractivity contribution in [3.8, 4) is 43.4 Å². The van der Waals surface area contributed by atoms with Gasteiger partial charge >= 0.3 is 11.9 Å². The number of hydrogen-bond acceptors (Lipinski definition) is 23. The number of thiazole rings is 6. The molecule has 10 bridgehead atoms. The third kappa shape index (κ3) is 13.9. The van der Waals surface area contributed by atoms with Gasteiger partial charge in [-0.1, -0.05) is 44.2 Å². The Morgan fingerprint density at radius 2 is 1.44 bits per heavy atom. The van der Waals surface area contributed by atoms with E-state index in [1.807, 2.05) is 13.8 Å². The van der Waals surface area contributed by atoms with Crippen molar-refractivity contribution in [2.45, 2.75) is 83.6 Å². The van der Waals surface area contributed by atoms with Gasteiger partial charge in [-0.15, -0.1) is 68.0 Å².